The van der Waals surface area contributed by atoms with Crippen molar-refractivity contribution in [3.05, 3.63) is 52.3 Å². The third-order valence-corrected chi connectivity index (χ3v) is 5.19. The SMILES string of the molecule is CCOC(=O)c1cnc(C)nc1Nc1nc2scc(-c3ccc(C)cc3C)n2n1. The largest absolute Gasteiger partial charge is 0.462 e. The third kappa shape index (κ3) is 3.68. The molecule has 4 rings (SSSR count). The highest BCUT2D eigenvalue weighted by Crippen LogP contribution is 2.29. The van der Waals surface area contributed by atoms with Crippen LogP contribution in [-0.2, 0) is 4.74 Å². The van der Waals surface area contributed by atoms with Crippen molar-refractivity contribution in [2.75, 3.05) is 11.9 Å². The van der Waals surface area contributed by atoms with Gasteiger partial charge in [0.2, 0.25) is 10.9 Å². The lowest BCUT2D eigenvalue weighted by Gasteiger charge is -2.08. The Balaban J connectivity index is 1.71. The topological polar surface area (TPSA) is 94.3 Å². The van der Waals surface area contributed by atoms with E-state index in [2.05, 4.69) is 57.4 Å². The first-order valence-electron chi connectivity index (χ1n) is 9.16. The number of nitrogens with one attached hydrogen (secondary N) is 1. The van der Waals surface area contributed by atoms with Crippen LogP contribution in [-0.4, -0.2) is 37.1 Å². The normalized spacial score (nSPS) is 11.0. The number of hydrogen-bond donors (Lipinski definition) is 1. The predicted octanol–water partition coefficient (Wildman–Crippen LogP) is 4.09. The van der Waals surface area contributed by atoms with Gasteiger partial charge in [0.1, 0.15) is 11.4 Å². The number of nitrogens with zero attached hydrogens (tertiary/aromatic N) is 5. The molecule has 0 aliphatic carbocycles. The zero-order valence-corrected chi connectivity index (χ0v) is 17.4. The Hall–Kier alpha value is -3.33. The zero-order valence-electron chi connectivity index (χ0n) is 16.6. The van der Waals surface area contributed by atoms with Gasteiger partial charge in [-0.2, -0.15) is 4.98 Å². The maximum Gasteiger partial charge on any atom is 0.343 e. The minimum Gasteiger partial charge on any atom is -0.462 e. The molecule has 3 heterocycles. The highest BCUT2D eigenvalue weighted by molar-refractivity contribution is 7.15. The number of ether oxygens (including phenoxy) is 1. The Bertz CT molecular complexity index is 1210. The molecule has 0 bridgehead atoms. The fourth-order valence-electron chi connectivity index (χ4n) is 3.05. The maximum absolute atomic E-state index is 12.2. The summed E-state index contributed by atoms with van der Waals surface area (Å²) in [6, 6.07) is 6.31. The number of hydrogen-bond acceptors (Lipinski definition) is 8. The summed E-state index contributed by atoms with van der Waals surface area (Å²) >= 11 is 1.50. The van der Waals surface area contributed by atoms with Gasteiger partial charge >= 0.3 is 5.97 Å². The Labute approximate surface area is 171 Å². The first-order chi connectivity index (χ1) is 14.0. The fraction of sp³-hybridized carbons (Fsp3) is 0.250. The monoisotopic (exact) mass is 408 g/mol. The molecule has 29 heavy (non-hydrogen) atoms. The quantitative estimate of drug-likeness (QED) is 0.497. The number of thiazole rings is 1. The average Bonchev–Trinajstić information content (AvgIpc) is 3.22. The van der Waals surface area contributed by atoms with Gasteiger partial charge in [-0.15, -0.1) is 16.4 Å². The van der Waals surface area contributed by atoms with Gasteiger partial charge in [0.05, 0.1) is 12.3 Å². The van der Waals surface area contributed by atoms with Crippen LogP contribution >= 0.6 is 11.3 Å². The van der Waals surface area contributed by atoms with E-state index in [1.54, 1.807) is 18.4 Å². The zero-order chi connectivity index (χ0) is 20.5. The van der Waals surface area contributed by atoms with Crippen molar-refractivity contribution in [3.63, 3.8) is 0 Å². The van der Waals surface area contributed by atoms with Crippen LogP contribution in [0.5, 0.6) is 0 Å². The Morgan fingerprint density at radius 1 is 1.24 bits per heavy atom. The molecule has 4 aromatic rings. The molecule has 0 saturated carbocycles. The fourth-order valence-corrected chi connectivity index (χ4v) is 3.87. The van der Waals surface area contributed by atoms with E-state index in [0.29, 0.717) is 17.6 Å². The lowest BCUT2D eigenvalue weighted by atomic mass is 10.0. The van der Waals surface area contributed by atoms with Gasteiger partial charge in [-0.1, -0.05) is 23.8 Å². The van der Waals surface area contributed by atoms with Gasteiger partial charge in [-0.25, -0.2) is 19.3 Å². The van der Waals surface area contributed by atoms with Crippen molar-refractivity contribution in [3.8, 4) is 11.3 Å². The second-order valence-corrected chi connectivity index (χ2v) is 7.43. The van der Waals surface area contributed by atoms with Crippen molar-refractivity contribution < 1.29 is 9.53 Å². The van der Waals surface area contributed by atoms with Crippen molar-refractivity contribution in [2.24, 2.45) is 0 Å². The van der Waals surface area contributed by atoms with Gasteiger partial charge in [0.25, 0.3) is 0 Å². The number of benzene rings is 1. The maximum atomic E-state index is 12.2. The summed E-state index contributed by atoms with van der Waals surface area (Å²) in [5.74, 6) is 0.707. The van der Waals surface area contributed by atoms with Crippen LogP contribution in [0.25, 0.3) is 16.2 Å². The predicted molar refractivity (Wildman–Crippen MR) is 112 cm³/mol. The average molecular weight is 408 g/mol. The van der Waals surface area contributed by atoms with Crippen molar-refractivity contribution in [2.45, 2.75) is 27.7 Å². The van der Waals surface area contributed by atoms with Gasteiger partial charge in [0.15, 0.2) is 5.82 Å². The van der Waals surface area contributed by atoms with E-state index in [4.69, 9.17) is 4.74 Å². The highest BCUT2D eigenvalue weighted by Gasteiger charge is 2.18. The number of aromatic nitrogens is 5. The van der Waals surface area contributed by atoms with Crippen molar-refractivity contribution in [1.29, 1.82) is 0 Å². The van der Waals surface area contributed by atoms with E-state index in [1.165, 1.54) is 28.7 Å². The molecule has 0 saturated heterocycles. The lowest BCUT2D eigenvalue weighted by Crippen LogP contribution is -2.11. The second kappa shape index (κ2) is 7.59. The van der Waals surface area contributed by atoms with Crippen LogP contribution in [0.4, 0.5) is 11.8 Å². The first-order valence-corrected chi connectivity index (χ1v) is 10.0. The molecule has 8 nitrogen and oxygen atoms in total. The number of carbonyl (C=O) groups is 1. The molecular formula is C20H20N6O2S. The van der Waals surface area contributed by atoms with Crippen LogP contribution in [0, 0.1) is 20.8 Å². The minimum absolute atomic E-state index is 0.241. The van der Waals surface area contributed by atoms with E-state index in [1.807, 2.05) is 5.38 Å². The van der Waals surface area contributed by atoms with Crippen LogP contribution in [0.2, 0.25) is 0 Å². The molecule has 0 unspecified atom stereocenters. The number of carbonyl (C=O) groups excluding carboxylic acids is 1. The Morgan fingerprint density at radius 3 is 2.83 bits per heavy atom. The smallest absolute Gasteiger partial charge is 0.343 e. The van der Waals surface area contributed by atoms with Gasteiger partial charge < -0.3 is 10.1 Å². The molecule has 3 aromatic heterocycles. The molecule has 1 N–H and O–H groups in total. The summed E-state index contributed by atoms with van der Waals surface area (Å²) in [5.41, 5.74) is 4.69. The van der Waals surface area contributed by atoms with Crippen molar-refractivity contribution in [1.82, 2.24) is 24.6 Å². The number of rotatable bonds is 5. The van der Waals surface area contributed by atoms with Gasteiger partial charge in [-0.3, -0.25) is 0 Å². The summed E-state index contributed by atoms with van der Waals surface area (Å²) in [7, 11) is 0. The van der Waals surface area contributed by atoms with Crippen LogP contribution < -0.4 is 5.32 Å². The summed E-state index contributed by atoms with van der Waals surface area (Å²) < 4.78 is 6.88. The number of fused-ring (bicyclic) bond motifs is 1. The number of aryl methyl sites for hydroxylation is 3. The summed E-state index contributed by atoms with van der Waals surface area (Å²) in [5, 5.41) is 9.66. The second-order valence-electron chi connectivity index (χ2n) is 6.59. The van der Waals surface area contributed by atoms with Crippen LogP contribution in [0.1, 0.15) is 34.2 Å². The van der Waals surface area contributed by atoms with Crippen LogP contribution in [0.15, 0.2) is 29.8 Å². The van der Waals surface area contributed by atoms with Gasteiger partial charge in [0, 0.05) is 17.1 Å². The lowest BCUT2D eigenvalue weighted by molar-refractivity contribution is 0.0526. The van der Waals surface area contributed by atoms with Crippen LogP contribution in [0.3, 0.4) is 0 Å². The third-order valence-electron chi connectivity index (χ3n) is 4.37. The molecule has 0 radical (unpaired) electrons. The number of anilines is 2. The summed E-state index contributed by atoms with van der Waals surface area (Å²) in [6.07, 6.45) is 1.45. The Morgan fingerprint density at radius 2 is 2.07 bits per heavy atom. The van der Waals surface area contributed by atoms with Gasteiger partial charge in [-0.05, 0) is 33.3 Å². The molecular weight excluding hydrogens is 388 g/mol. The molecule has 0 fully saturated rings. The first kappa shape index (κ1) is 19.0. The molecule has 0 atom stereocenters. The van der Waals surface area contributed by atoms with E-state index in [0.717, 1.165) is 16.2 Å². The standard InChI is InChI=1S/C20H20N6O2S/c1-5-28-18(27)15-9-21-13(4)22-17(15)23-19-24-20-26(25-19)16(10-29-20)14-7-6-11(2)8-12(14)3/h6-10H,5H2,1-4H3,(H,21,22,23,25). The molecule has 9 heteroatoms. The summed E-state index contributed by atoms with van der Waals surface area (Å²) in [6.45, 7) is 7.92. The van der Waals surface area contributed by atoms with E-state index >= 15 is 0 Å². The van der Waals surface area contributed by atoms with Crippen molar-refractivity contribution >= 4 is 34.0 Å². The summed E-state index contributed by atoms with van der Waals surface area (Å²) in [4.78, 5) is 25.9. The molecule has 0 aliphatic heterocycles. The Kier molecular flexibility index (Phi) is 4.98. The number of esters is 1. The molecule has 0 aliphatic rings. The molecule has 1 aromatic carbocycles. The molecule has 0 spiro atoms. The molecule has 148 valence electrons. The highest BCUT2D eigenvalue weighted by atomic mass is 32.1. The van der Waals surface area contributed by atoms with E-state index in [9.17, 15) is 4.79 Å². The van der Waals surface area contributed by atoms with E-state index < -0.39 is 5.97 Å². The van der Waals surface area contributed by atoms with E-state index in [-0.39, 0.29) is 12.2 Å². The minimum atomic E-state index is -0.494. The molecule has 0 amide bonds.